The number of carboxylic acid groups (broad SMARTS) is 2. The van der Waals surface area contributed by atoms with Gasteiger partial charge >= 0.3 is 11.9 Å². The summed E-state index contributed by atoms with van der Waals surface area (Å²) in [6.07, 6.45) is -0.133. The molecule has 0 amide bonds. The molecule has 0 aromatic carbocycles. The van der Waals surface area contributed by atoms with Crippen LogP contribution in [0, 0.1) is 0 Å². The van der Waals surface area contributed by atoms with Gasteiger partial charge in [0, 0.05) is 13.1 Å². The molecule has 0 rings (SSSR count). The van der Waals surface area contributed by atoms with Gasteiger partial charge in [0.2, 0.25) is 0 Å². The molecule has 0 fully saturated rings. The topological polar surface area (TPSA) is 113 Å². The van der Waals surface area contributed by atoms with Gasteiger partial charge < -0.3 is 15.9 Å². The summed E-state index contributed by atoms with van der Waals surface area (Å²) in [6, 6.07) is -0.869. The Morgan fingerprint density at radius 2 is 2.00 bits per heavy atom. The molecule has 12 heavy (non-hydrogen) atoms. The summed E-state index contributed by atoms with van der Waals surface area (Å²) in [4.78, 5) is 20.5. The molecule has 0 unspecified atom stereocenters. The van der Waals surface area contributed by atoms with Crippen LogP contribution in [0.1, 0.15) is 12.8 Å². The van der Waals surface area contributed by atoms with Gasteiger partial charge in [0.15, 0.2) is 0 Å². The second kappa shape index (κ2) is 5.50. The normalized spacial score (nSPS) is 12.4. The zero-order valence-electron chi connectivity index (χ0n) is 6.49. The van der Waals surface area contributed by atoms with Crippen LogP contribution in [0.2, 0.25) is 0 Å². The van der Waals surface area contributed by atoms with Gasteiger partial charge in [0.05, 0.1) is 0 Å². The second-order valence-electron chi connectivity index (χ2n) is 2.23. The van der Waals surface area contributed by atoms with E-state index < -0.39 is 18.0 Å². The van der Waals surface area contributed by atoms with Crippen LogP contribution >= 0.6 is 0 Å². The highest BCUT2D eigenvalue weighted by Gasteiger charge is 2.16. The molecule has 0 bridgehead atoms. The number of hydrogen-bond donors (Lipinski definition) is 4. The predicted octanol–water partition coefficient (Wildman–Crippen LogP) is -1.19. The van der Waals surface area contributed by atoms with Gasteiger partial charge in [-0.1, -0.05) is 0 Å². The van der Waals surface area contributed by atoms with Crippen LogP contribution in [0.25, 0.3) is 0 Å². The molecule has 6 heteroatoms. The maximum Gasteiger partial charge on any atom is 0.320 e. The lowest BCUT2D eigenvalue weighted by atomic mass is 10.1. The highest BCUT2D eigenvalue weighted by atomic mass is 16.4. The Kier molecular flexibility index (Phi) is 4.98. The minimum absolute atomic E-state index is 0.0244. The maximum absolute atomic E-state index is 10.4. The molecule has 5 N–H and O–H groups in total. The average Bonchev–Trinajstić information content (AvgIpc) is 1.96. The Bertz CT molecular complexity index is 171. The van der Waals surface area contributed by atoms with Gasteiger partial charge in [-0.2, -0.15) is 0 Å². The van der Waals surface area contributed by atoms with E-state index in [0.717, 1.165) is 0 Å². The number of hydrogen-bond acceptors (Lipinski definition) is 4. The third-order valence-electron chi connectivity index (χ3n) is 1.31. The van der Waals surface area contributed by atoms with E-state index in [0.29, 0.717) is 0 Å². The Morgan fingerprint density at radius 3 is 2.33 bits per heavy atom. The lowest BCUT2D eigenvalue weighted by Gasteiger charge is -2.10. The van der Waals surface area contributed by atoms with Crippen molar-refractivity contribution in [3.05, 3.63) is 0 Å². The zero-order chi connectivity index (χ0) is 9.56. The van der Waals surface area contributed by atoms with Crippen molar-refractivity contribution >= 4 is 11.9 Å². The number of nitrogens with one attached hydrogen (secondary N) is 1. The van der Waals surface area contributed by atoms with Crippen molar-refractivity contribution < 1.29 is 19.8 Å². The SMILES string of the molecule is NCN[C@@H](CCC(=O)O)C(=O)O. The van der Waals surface area contributed by atoms with E-state index in [4.69, 9.17) is 15.9 Å². The van der Waals surface area contributed by atoms with E-state index in [9.17, 15) is 9.59 Å². The quantitative estimate of drug-likeness (QED) is 0.378. The standard InChI is InChI=1S/C6H12N2O4/c7-3-8-4(6(11)12)1-2-5(9)10/h4,8H,1-3,7H2,(H,9,10)(H,11,12)/t4-/m0/s1. The average molecular weight is 176 g/mol. The van der Waals surface area contributed by atoms with Crippen molar-refractivity contribution in [2.45, 2.75) is 18.9 Å². The first-order valence-electron chi connectivity index (χ1n) is 3.46. The first-order chi connectivity index (χ1) is 5.57. The minimum Gasteiger partial charge on any atom is -0.481 e. The molecular formula is C6H12N2O4. The molecule has 0 saturated heterocycles. The molecule has 70 valence electrons. The summed E-state index contributed by atoms with van der Waals surface area (Å²) in [5, 5.41) is 19.2. The van der Waals surface area contributed by atoms with Crippen LogP contribution in [0.3, 0.4) is 0 Å². The number of carbonyl (C=O) groups is 2. The van der Waals surface area contributed by atoms with Crippen molar-refractivity contribution in [1.29, 1.82) is 0 Å². The third kappa shape index (κ3) is 4.64. The second-order valence-corrected chi connectivity index (χ2v) is 2.23. The van der Waals surface area contributed by atoms with Crippen LogP contribution < -0.4 is 11.1 Å². The number of nitrogens with two attached hydrogens (primary N) is 1. The molecule has 0 aromatic heterocycles. The van der Waals surface area contributed by atoms with Gasteiger partial charge in [-0.3, -0.25) is 14.9 Å². The summed E-state index contributed by atoms with van der Waals surface area (Å²) < 4.78 is 0. The summed E-state index contributed by atoms with van der Waals surface area (Å²) in [6.45, 7) is 0.0244. The Labute approximate surface area is 69.4 Å². The fraction of sp³-hybridized carbons (Fsp3) is 0.667. The van der Waals surface area contributed by atoms with Gasteiger partial charge in [-0.15, -0.1) is 0 Å². The zero-order valence-corrected chi connectivity index (χ0v) is 6.49. The Hall–Kier alpha value is -1.14. The van der Waals surface area contributed by atoms with Gasteiger partial charge in [-0.05, 0) is 6.42 Å². The first-order valence-corrected chi connectivity index (χ1v) is 3.46. The van der Waals surface area contributed by atoms with Crippen molar-refractivity contribution in [3.8, 4) is 0 Å². The summed E-state index contributed by atoms with van der Waals surface area (Å²) >= 11 is 0. The molecule has 0 heterocycles. The monoisotopic (exact) mass is 176 g/mol. The molecule has 0 aromatic rings. The van der Waals surface area contributed by atoms with Crippen LogP contribution in [-0.2, 0) is 9.59 Å². The van der Waals surface area contributed by atoms with E-state index in [1.165, 1.54) is 0 Å². The Balaban J connectivity index is 3.79. The van der Waals surface area contributed by atoms with Gasteiger partial charge in [0.1, 0.15) is 6.04 Å². The first kappa shape index (κ1) is 10.9. The van der Waals surface area contributed by atoms with Crippen LogP contribution in [0.5, 0.6) is 0 Å². The highest BCUT2D eigenvalue weighted by Crippen LogP contribution is 1.96. The number of aliphatic carboxylic acids is 2. The van der Waals surface area contributed by atoms with Gasteiger partial charge in [0.25, 0.3) is 0 Å². The molecule has 0 aliphatic rings. The summed E-state index contributed by atoms with van der Waals surface area (Å²) in [5.41, 5.74) is 5.05. The lowest BCUT2D eigenvalue weighted by Crippen LogP contribution is -2.40. The fourth-order valence-corrected chi connectivity index (χ4v) is 0.723. The van der Waals surface area contributed by atoms with Gasteiger partial charge in [-0.25, -0.2) is 0 Å². The maximum atomic E-state index is 10.4. The minimum atomic E-state index is -1.08. The third-order valence-corrected chi connectivity index (χ3v) is 1.31. The van der Waals surface area contributed by atoms with Crippen molar-refractivity contribution in [3.63, 3.8) is 0 Å². The molecule has 0 saturated carbocycles. The van der Waals surface area contributed by atoms with Crippen molar-refractivity contribution in [1.82, 2.24) is 5.32 Å². The molecule has 0 aliphatic heterocycles. The molecule has 0 radical (unpaired) electrons. The van der Waals surface area contributed by atoms with E-state index in [1.807, 2.05) is 0 Å². The summed E-state index contributed by atoms with van der Waals surface area (Å²) in [5.74, 6) is -2.10. The smallest absolute Gasteiger partial charge is 0.320 e. The summed E-state index contributed by atoms with van der Waals surface area (Å²) in [7, 11) is 0. The number of rotatable bonds is 6. The lowest BCUT2D eigenvalue weighted by molar-refractivity contribution is -0.140. The fourth-order valence-electron chi connectivity index (χ4n) is 0.723. The van der Waals surface area contributed by atoms with Crippen LogP contribution in [-0.4, -0.2) is 34.9 Å². The molecule has 6 nitrogen and oxygen atoms in total. The van der Waals surface area contributed by atoms with Crippen molar-refractivity contribution in [2.75, 3.05) is 6.67 Å². The van der Waals surface area contributed by atoms with E-state index in [2.05, 4.69) is 5.32 Å². The van der Waals surface area contributed by atoms with E-state index >= 15 is 0 Å². The molecule has 0 spiro atoms. The Morgan fingerprint density at radius 1 is 1.42 bits per heavy atom. The molecular weight excluding hydrogens is 164 g/mol. The van der Waals surface area contributed by atoms with Crippen molar-refractivity contribution in [2.24, 2.45) is 5.73 Å². The molecule has 1 atom stereocenters. The van der Waals surface area contributed by atoms with Crippen LogP contribution in [0.15, 0.2) is 0 Å². The predicted molar refractivity (Wildman–Crippen MR) is 40.5 cm³/mol. The highest BCUT2D eigenvalue weighted by molar-refractivity contribution is 5.75. The van der Waals surface area contributed by atoms with E-state index in [-0.39, 0.29) is 19.5 Å². The molecule has 0 aliphatic carbocycles. The number of carboxylic acids is 2. The van der Waals surface area contributed by atoms with Crippen LogP contribution in [0.4, 0.5) is 0 Å². The van der Waals surface area contributed by atoms with E-state index in [1.54, 1.807) is 0 Å². The largest absolute Gasteiger partial charge is 0.481 e.